The van der Waals surface area contributed by atoms with Crippen molar-refractivity contribution in [3.8, 4) is 6.07 Å². The first-order valence-electron chi connectivity index (χ1n) is 8.36. The van der Waals surface area contributed by atoms with Crippen LogP contribution in [0.5, 0.6) is 0 Å². The molecule has 0 radical (unpaired) electrons. The summed E-state index contributed by atoms with van der Waals surface area (Å²) in [5.74, 6) is -3.54. The standard InChI is InChI=1S/C20H14N2O6S/c1-11(22)15(9-21)16(23)10-28-20(25)12-6-7-14-18(8-12)29(26,27)17-5-3-2-4-13(17)19(14)24/h2-8,15,22H,10H2,1H3. The summed E-state index contributed by atoms with van der Waals surface area (Å²) in [5.41, 5.74) is -0.330. The molecule has 9 heteroatoms. The quantitative estimate of drug-likeness (QED) is 0.500. The minimum atomic E-state index is -4.02. The summed E-state index contributed by atoms with van der Waals surface area (Å²) in [5, 5.41) is 16.3. The first-order chi connectivity index (χ1) is 13.7. The van der Waals surface area contributed by atoms with E-state index in [2.05, 4.69) is 0 Å². The van der Waals surface area contributed by atoms with Crippen molar-refractivity contribution in [2.24, 2.45) is 5.92 Å². The number of nitrogens with zero attached hydrogens (tertiary/aromatic N) is 1. The van der Waals surface area contributed by atoms with E-state index in [1.165, 1.54) is 37.3 Å². The number of nitrogens with one attached hydrogen (secondary N) is 1. The maximum atomic E-state index is 12.9. The molecule has 0 bridgehead atoms. The van der Waals surface area contributed by atoms with E-state index in [1.54, 1.807) is 12.1 Å². The van der Waals surface area contributed by atoms with Crippen molar-refractivity contribution in [1.29, 1.82) is 10.7 Å². The smallest absolute Gasteiger partial charge is 0.338 e. The van der Waals surface area contributed by atoms with Gasteiger partial charge in [0.05, 0.1) is 21.4 Å². The highest BCUT2D eigenvalue weighted by molar-refractivity contribution is 7.91. The molecule has 3 rings (SSSR count). The molecule has 0 spiro atoms. The van der Waals surface area contributed by atoms with Gasteiger partial charge >= 0.3 is 5.97 Å². The van der Waals surface area contributed by atoms with Gasteiger partial charge in [0.15, 0.2) is 18.2 Å². The summed E-state index contributed by atoms with van der Waals surface area (Å²) in [6.07, 6.45) is 0. The molecule has 2 aromatic rings. The first-order valence-corrected chi connectivity index (χ1v) is 9.84. The van der Waals surface area contributed by atoms with E-state index in [4.69, 9.17) is 15.4 Å². The van der Waals surface area contributed by atoms with Crippen LogP contribution in [0.15, 0.2) is 52.3 Å². The number of ketones is 2. The lowest BCUT2D eigenvalue weighted by atomic mass is 10.0. The molecule has 0 amide bonds. The molecule has 1 aliphatic rings. The van der Waals surface area contributed by atoms with Crippen molar-refractivity contribution in [1.82, 2.24) is 0 Å². The van der Waals surface area contributed by atoms with Crippen molar-refractivity contribution in [2.45, 2.75) is 16.7 Å². The Morgan fingerprint density at radius 2 is 1.79 bits per heavy atom. The molecule has 1 N–H and O–H groups in total. The minimum absolute atomic E-state index is 0.0553. The highest BCUT2D eigenvalue weighted by atomic mass is 32.2. The Morgan fingerprint density at radius 1 is 1.14 bits per heavy atom. The molecule has 1 unspecified atom stereocenters. The molecule has 146 valence electrons. The van der Waals surface area contributed by atoms with Crippen LogP contribution >= 0.6 is 0 Å². The van der Waals surface area contributed by atoms with Gasteiger partial charge in [-0.05, 0) is 37.3 Å². The van der Waals surface area contributed by atoms with Crippen LogP contribution in [-0.2, 0) is 19.4 Å². The van der Waals surface area contributed by atoms with Gasteiger partial charge in [-0.1, -0.05) is 12.1 Å². The summed E-state index contributed by atoms with van der Waals surface area (Å²) in [6, 6.07) is 10.9. The monoisotopic (exact) mass is 410 g/mol. The molecular formula is C20H14N2O6S. The molecule has 29 heavy (non-hydrogen) atoms. The Morgan fingerprint density at radius 3 is 2.45 bits per heavy atom. The van der Waals surface area contributed by atoms with Gasteiger partial charge in [0.1, 0.15) is 5.92 Å². The Kier molecular flexibility index (Phi) is 5.14. The third kappa shape index (κ3) is 3.46. The van der Waals surface area contributed by atoms with Crippen LogP contribution in [0.4, 0.5) is 0 Å². The maximum Gasteiger partial charge on any atom is 0.338 e. The van der Waals surface area contributed by atoms with Crippen LogP contribution < -0.4 is 0 Å². The van der Waals surface area contributed by atoms with Gasteiger partial charge in [-0.2, -0.15) is 5.26 Å². The Bertz CT molecular complexity index is 1220. The van der Waals surface area contributed by atoms with E-state index in [-0.39, 0.29) is 32.2 Å². The number of hydrogen-bond donors (Lipinski definition) is 1. The molecular weight excluding hydrogens is 396 g/mol. The summed E-state index contributed by atoms with van der Waals surface area (Å²) in [7, 11) is -4.02. The molecule has 8 nitrogen and oxygen atoms in total. The van der Waals surface area contributed by atoms with Gasteiger partial charge in [0, 0.05) is 16.8 Å². The number of nitriles is 1. The number of ether oxygens (including phenoxy) is 1. The average Bonchev–Trinajstić information content (AvgIpc) is 2.70. The van der Waals surface area contributed by atoms with E-state index in [0.717, 1.165) is 6.07 Å². The van der Waals surface area contributed by atoms with E-state index < -0.39 is 39.9 Å². The Labute approximate surface area is 166 Å². The first kappa shape index (κ1) is 20.1. The third-order valence-corrected chi connectivity index (χ3v) is 6.25. The number of sulfone groups is 1. The van der Waals surface area contributed by atoms with E-state index in [0.29, 0.717) is 0 Å². The fraction of sp³-hybridized carbons (Fsp3) is 0.150. The van der Waals surface area contributed by atoms with Gasteiger partial charge < -0.3 is 10.1 Å². The van der Waals surface area contributed by atoms with E-state index in [9.17, 15) is 22.8 Å². The van der Waals surface area contributed by atoms with Crippen molar-refractivity contribution in [2.75, 3.05) is 6.61 Å². The highest BCUT2D eigenvalue weighted by Gasteiger charge is 2.35. The second-order valence-corrected chi connectivity index (χ2v) is 8.21. The fourth-order valence-corrected chi connectivity index (χ4v) is 4.60. The molecule has 0 saturated carbocycles. The lowest BCUT2D eigenvalue weighted by Gasteiger charge is -2.19. The zero-order valence-corrected chi connectivity index (χ0v) is 15.9. The lowest BCUT2D eigenvalue weighted by molar-refractivity contribution is -0.122. The second-order valence-electron chi connectivity index (χ2n) is 6.33. The van der Waals surface area contributed by atoms with Crippen molar-refractivity contribution >= 4 is 33.1 Å². The Balaban J connectivity index is 1.90. The summed E-state index contributed by atoms with van der Waals surface area (Å²) >= 11 is 0. The van der Waals surface area contributed by atoms with Crippen LogP contribution in [0.2, 0.25) is 0 Å². The molecule has 1 atom stereocenters. The van der Waals surface area contributed by atoms with Crippen molar-refractivity contribution in [3.63, 3.8) is 0 Å². The topological polar surface area (TPSA) is 142 Å². The lowest BCUT2D eigenvalue weighted by Crippen LogP contribution is -2.26. The van der Waals surface area contributed by atoms with E-state index >= 15 is 0 Å². The number of carbonyl (C=O) groups excluding carboxylic acids is 3. The summed E-state index contributed by atoms with van der Waals surface area (Å²) < 4.78 is 30.6. The third-order valence-electron chi connectivity index (χ3n) is 4.40. The van der Waals surface area contributed by atoms with Crippen LogP contribution in [0, 0.1) is 22.7 Å². The van der Waals surface area contributed by atoms with Crippen LogP contribution in [0.25, 0.3) is 0 Å². The molecule has 1 heterocycles. The predicted octanol–water partition coefficient (Wildman–Crippen LogP) is 1.97. The molecule has 2 aromatic carbocycles. The predicted molar refractivity (Wildman–Crippen MR) is 99.6 cm³/mol. The summed E-state index contributed by atoms with van der Waals surface area (Å²) in [4.78, 5) is 36.3. The zero-order valence-electron chi connectivity index (χ0n) is 15.1. The number of rotatable bonds is 5. The van der Waals surface area contributed by atoms with Gasteiger partial charge in [0.25, 0.3) is 0 Å². The van der Waals surface area contributed by atoms with Gasteiger partial charge in [0.2, 0.25) is 9.84 Å². The summed E-state index contributed by atoms with van der Waals surface area (Å²) in [6.45, 7) is 0.551. The average molecular weight is 410 g/mol. The highest BCUT2D eigenvalue weighted by Crippen LogP contribution is 2.34. The number of carbonyl (C=O) groups is 3. The number of Topliss-reactive ketones (excluding diaryl/α,β-unsaturated/α-hetero) is 1. The number of esters is 1. The SMILES string of the molecule is CC(=N)C(C#N)C(=O)COC(=O)c1ccc2c(c1)S(=O)(=O)c1ccccc1C2=O. The molecule has 1 aliphatic heterocycles. The van der Waals surface area contributed by atoms with E-state index in [1.807, 2.05) is 0 Å². The van der Waals surface area contributed by atoms with Crippen LogP contribution in [0.1, 0.15) is 33.2 Å². The second kappa shape index (κ2) is 7.41. The van der Waals surface area contributed by atoms with Crippen molar-refractivity contribution < 1.29 is 27.5 Å². The molecule has 0 fully saturated rings. The van der Waals surface area contributed by atoms with Crippen molar-refractivity contribution in [3.05, 3.63) is 59.2 Å². The maximum absolute atomic E-state index is 12.9. The zero-order chi connectivity index (χ0) is 21.3. The minimum Gasteiger partial charge on any atom is -0.454 e. The number of benzene rings is 2. The number of hydrogen-bond acceptors (Lipinski definition) is 8. The fourth-order valence-electron chi connectivity index (χ4n) is 2.92. The number of fused-ring (bicyclic) bond motifs is 2. The van der Waals surface area contributed by atoms with Gasteiger partial charge in [-0.3, -0.25) is 9.59 Å². The molecule has 0 saturated heterocycles. The van der Waals surface area contributed by atoms with Gasteiger partial charge in [-0.25, -0.2) is 13.2 Å². The molecule has 0 aliphatic carbocycles. The van der Waals surface area contributed by atoms with Gasteiger partial charge in [-0.15, -0.1) is 0 Å². The normalized spacial score (nSPS) is 14.7. The Hall–Kier alpha value is -3.64. The largest absolute Gasteiger partial charge is 0.454 e. The van der Waals surface area contributed by atoms with Crippen LogP contribution in [-0.4, -0.2) is 38.3 Å². The molecule has 0 aromatic heterocycles. The van der Waals surface area contributed by atoms with Crippen LogP contribution in [0.3, 0.4) is 0 Å².